The van der Waals surface area contributed by atoms with Crippen molar-refractivity contribution in [2.45, 2.75) is 173 Å². The van der Waals surface area contributed by atoms with Gasteiger partial charge in [-0.05, 0) is 88.7 Å². The molecule has 1 aromatic rings. The predicted octanol–water partition coefficient (Wildman–Crippen LogP) is 9.77. The van der Waals surface area contributed by atoms with Gasteiger partial charge in [-0.1, -0.05) is 78.0 Å². The summed E-state index contributed by atoms with van der Waals surface area (Å²) < 4.78 is 52.7. The molecule has 0 N–H and O–H groups in total. The van der Waals surface area contributed by atoms with Crippen molar-refractivity contribution in [3.8, 4) is 0 Å². The van der Waals surface area contributed by atoms with Crippen molar-refractivity contribution >= 4 is 9.84 Å². The molecule has 2 saturated heterocycles. The van der Waals surface area contributed by atoms with E-state index < -0.39 is 21.0 Å². The Kier molecular flexibility index (Phi) is 14.8. The van der Waals surface area contributed by atoms with E-state index in [9.17, 15) is 8.42 Å². The molecule has 0 amide bonds. The minimum Gasteiger partial charge on any atom is -0.353 e. The zero-order valence-corrected chi connectivity index (χ0v) is 29.9. The lowest BCUT2D eigenvalue weighted by atomic mass is 9.85. The van der Waals surface area contributed by atoms with E-state index in [4.69, 9.17) is 25.5 Å². The fourth-order valence-corrected chi connectivity index (χ4v) is 8.20. The van der Waals surface area contributed by atoms with Crippen LogP contribution >= 0.6 is 0 Å². The van der Waals surface area contributed by atoms with E-state index in [0.29, 0.717) is 32.5 Å². The third kappa shape index (κ3) is 11.9. The van der Waals surface area contributed by atoms with Gasteiger partial charge in [0.15, 0.2) is 18.9 Å². The highest BCUT2D eigenvalue weighted by Crippen LogP contribution is 2.39. The summed E-state index contributed by atoms with van der Waals surface area (Å²) in [4.78, 5) is 2.75. The van der Waals surface area contributed by atoms with Gasteiger partial charge in [0, 0.05) is 31.5 Å². The largest absolute Gasteiger partial charge is 0.353 e. The SMILES string of the molecule is [C-]#[N+]C(CCCCCC(C)(C)C)(CCCCCC(C)(C)C(OC1CCCCO1)OC1CCCCO1)S(=O)(=O)c1ccc(C)cc1. The highest BCUT2D eigenvalue weighted by Gasteiger charge is 2.50. The first-order chi connectivity index (χ1) is 21.3. The topological polar surface area (TPSA) is 75.4 Å². The average Bonchev–Trinajstić information content (AvgIpc) is 3.00. The van der Waals surface area contributed by atoms with E-state index in [0.717, 1.165) is 89.0 Å². The minimum absolute atomic E-state index is 0.251. The van der Waals surface area contributed by atoms with E-state index in [1.54, 1.807) is 12.1 Å². The standard InChI is InChI=1S/C37H61NO6S/c1-30-20-22-31(23-21-30)45(39,40)37(38-7,26-14-8-12-24-35(2,3)4)27-15-9-13-25-36(5,6)34(43-32-18-10-16-28-41-32)44-33-19-11-17-29-42-33/h20-23,32-34H,8-19,24-29H2,1-6H3. The van der Waals surface area contributed by atoms with Crippen molar-refractivity contribution in [2.24, 2.45) is 10.8 Å². The molecule has 2 aliphatic heterocycles. The normalized spacial score (nSPS) is 22.0. The number of hydrogen-bond acceptors (Lipinski definition) is 6. The lowest BCUT2D eigenvalue weighted by Gasteiger charge is -2.39. The highest BCUT2D eigenvalue weighted by molar-refractivity contribution is 7.93. The van der Waals surface area contributed by atoms with Crippen LogP contribution in [0.1, 0.15) is 143 Å². The summed E-state index contributed by atoms with van der Waals surface area (Å²) in [7, 11) is -3.83. The predicted molar refractivity (Wildman–Crippen MR) is 180 cm³/mol. The Morgan fingerprint density at radius 3 is 1.71 bits per heavy atom. The van der Waals surface area contributed by atoms with Crippen LogP contribution in [0.4, 0.5) is 0 Å². The molecule has 0 aromatic heterocycles. The Labute approximate surface area is 274 Å². The van der Waals surface area contributed by atoms with Crippen LogP contribution in [0, 0.1) is 24.3 Å². The van der Waals surface area contributed by atoms with Crippen molar-refractivity contribution in [3.05, 3.63) is 41.2 Å². The lowest BCUT2D eigenvalue weighted by Crippen LogP contribution is -2.42. The van der Waals surface area contributed by atoms with Gasteiger partial charge in [0.2, 0.25) is 0 Å². The maximum atomic E-state index is 14.0. The van der Waals surface area contributed by atoms with Crippen LogP contribution in [0.3, 0.4) is 0 Å². The minimum atomic E-state index is -3.83. The molecular formula is C37H61NO6S. The van der Waals surface area contributed by atoms with Crippen LogP contribution in [-0.4, -0.2) is 45.4 Å². The van der Waals surface area contributed by atoms with Crippen molar-refractivity contribution in [3.63, 3.8) is 0 Å². The summed E-state index contributed by atoms with van der Waals surface area (Å²) in [6.07, 6.45) is 12.8. The number of unbranched alkanes of at least 4 members (excludes halogenated alkanes) is 4. The molecule has 2 aliphatic rings. The summed E-state index contributed by atoms with van der Waals surface area (Å²) in [5.41, 5.74) is 0.962. The third-order valence-corrected chi connectivity index (χ3v) is 11.8. The van der Waals surface area contributed by atoms with Crippen LogP contribution in [0.5, 0.6) is 0 Å². The lowest BCUT2D eigenvalue weighted by molar-refractivity contribution is -0.332. The highest BCUT2D eigenvalue weighted by atomic mass is 32.2. The number of hydrogen-bond donors (Lipinski definition) is 0. The zero-order chi connectivity index (χ0) is 33.0. The van der Waals surface area contributed by atoms with Gasteiger partial charge in [-0.15, -0.1) is 0 Å². The fourth-order valence-electron chi connectivity index (χ4n) is 6.33. The zero-order valence-electron chi connectivity index (χ0n) is 29.1. The average molecular weight is 648 g/mol. The van der Waals surface area contributed by atoms with Crippen LogP contribution in [0.2, 0.25) is 0 Å². The van der Waals surface area contributed by atoms with Crippen LogP contribution in [-0.2, 0) is 28.8 Å². The summed E-state index contributed by atoms with van der Waals surface area (Å²) in [6.45, 7) is 22.6. The Balaban J connectivity index is 1.64. The number of rotatable bonds is 18. The molecule has 1 aromatic carbocycles. The molecule has 256 valence electrons. The molecule has 0 radical (unpaired) electrons. The Bertz CT molecular complexity index is 1120. The molecule has 3 atom stereocenters. The summed E-state index contributed by atoms with van der Waals surface area (Å²) in [5.74, 6) is 0. The molecular weight excluding hydrogens is 586 g/mol. The first kappa shape index (κ1) is 38.0. The van der Waals surface area contributed by atoms with E-state index in [-0.39, 0.29) is 28.3 Å². The molecule has 2 heterocycles. The number of sulfone groups is 1. The number of ether oxygens (including phenoxy) is 4. The van der Waals surface area contributed by atoms with Crippen molar-refractivity contribution in [1.29, 1.82) is 0 Å². The Hall–Kier alpha value is -1.50. The van der Waals surface area contributed by atoms with Gasteiger partial charge in [0.1, 0.15) is 0 Å². The molecule has 7 nitrogen and oxygen atoms in total. The summed E-state index contributed by atoms with van der Waals surface area (Å²) >= 11 is 0. The summed E-state index contributed by atoms with van der Waals surface area (Å²) in [6, 6.07) is 6.98. The summed E-state index contributed by atoms with van der Waals surface area (Å²) in [5, 5.41) is 0. The molecule has 0 saturated carbocycles. The fraction of sp³-hybridized carbons (Fsp3) is 0.811. The third-order valence-electron chi connectivity index (χ3n) is 9.38. The molecule has 0 bridgehead atoms. The first-order valence-electron chi connectivity index (χ1n) is 17.5. The van der Waals surface area contributed by atoms with Crippen molar-refractivity contribution in [1.82, 2.24) is 0 Å². The van der Waals surface area contributed by atoms with E-state index in [1.165, 1.54) is 0 Å². The maximum Gasteiger partial charge on any atom is 0.333 e. The number of nitrogens with zero attached hydrogens (tertiary/aromatic N) is 1. The van der Waals surface area contributed by atoms with Crippen LogP contribution in [0.15, 0.2) is 29.2 Å². The molecule has 45 heavy (non-hydrogen) atoms. The second kappa shape index (κ2) is 17.6. The van der Waals surface area contributed by atoms with Gasteiger partial charge in [-0.3, -0.25) is 4.85 Å². The van der Waals surface area contributed by atoms with E-state index >= 15 is 0 Å². The number of benzene rings is 1. The molecule has 0 spiro atoms. The first-order valence-corrected chi connectivity index (χ1v) is 19.0. The van der Waals surface area contributed by atoms with E-state index in [2.05, 4.69) is 39.5 Å². The second-order valence-corrected chi connectivity index (χ2v) is 17.5. The smallest absolute Gasteiger partial charge is 0.333 e. The van der Waals surface area contributed by atoms with Gasteiger partial charge in [0.05, 0.1) is 4.90 Å². The molecule has 2 fully saturated rings. The van der Waals surface area contributed by atoms with Gasteiger partial charge in [-0.2, -0.15) is 0 Å². The molecule has 0 aliphatic carbocycles. The molecule has 8 heteroatoms. The van der Waals surface area contributed by atoms with Crippen LogP contribution in [0.25, 0.3) is 4.85 Å². The van der Waals surface area contributed by atoms with Crippen molar-refractivity contribution < 1.29 is 27.4 Å². The van der Waals surface area contributed by atoms with Gasteiger partial charge in [0.25, 0.3) is 9.84 Å². The number of aryl methyl sites for hydroxylation is 1. The quantitative estimate of drug-likeness (QED) is 0.0897. The Morgan fingerprint density at radius 2 is 1.27 bits per heavy atom. The van der Waals surface area contributed by atoms with Crippen molar-refractivity contribution in [2.75, 3.05) is 13.2 Å². The van der Waals surface area contributed by atoms with Gasteiger partial charge in [-0.25, -0.2) is 15.0 Å². The van der Waals surface area contributed by atoms with Crippen LogP contribution < -0.4 is 0 Å². The van der Waals surface area contributed by atoms with E-state index in [1.807, 2.05) is 19.1 Å². The monoisotopic (exact) mass is 647 g/mol. The molecule has 3 unspecified atom stereocenters. The maximum absolute atomic E-state index is 14.0. The van der Waals surface area contributed by atoms with Gasteiger partial charge >= 0.3 is 4.87 Å². The van der Waals surface area contributed by atoms with Gasteiger partial charge < -0.3 is 18.9 Å². The Morgan fingerprint density at radius 1 is 0.778 bits per heavy atom. The molecule has 3 rings (SSSR count). The second-order valence-electron chi connectivity index (χ2n) is 15.2.